The zero-order valence-electron chi connectivity index (χ0n) is 15.4. The summed E-state index contributed by atoms with van der Waals surface area (Å²) in [5, 5.41) is 0. The Bertz CT molecular complexity index is 618. The lowest BCUT2D eigenvalue weighted by Crippen LogP contribution is -2.45. The van der Waals surface area contributed by atoms with Gasteiger partial charge in [0, 0.05) is 32.6 Å². The largest absolute Gasteiger partial charge is 0.497 e. The van der Waals surface area contributed by atoms with Crippen LogP contribution in [0.5, 0.6) is 5.75 Å². The molecule has 2 fully saturated rings. The Morgan fingerprint density at radius 1 is 1.12 bits per heavy atom. The molecule has 3 rings (SSSR count). The number of nitrogens with zero attached hydrogens (tertiary/aromatic N) is 2. The number of piperidine rings is 1. The van der Waals surface area contributed by atoms with Crippen molar-refractivity contribution in [1.82, 2.24) is 9.80 Å². The van der Waals surface area contributed by atoms with E-state index in [1.807, 2.05) is 29.2 Å². The van der Waals surface area contributed by atoms with Crippen molar-refractivity contribution in [2.75, 3.05) is 26.7 Å². The van der Waals surface area contributed by atoms with Crippen molar-refractivity contribution >= 4 is 11.8 Å². The summed E-state index contributed by atoms with van der Waals surface area (Å²) in [6, 6.07) is 7.73. The number of ether oxygens (including phenoxy) is 1. The van der Waals surface area contributed by atoms with E-state index in [0.717, 1.165) is 24.4 Å². The van der Waals surface area contributed by atoms with Crippen molar-refractivity contribution in [2.24, 2.45) is 17.8 Å². The van der Waals surface area contributed by atoms with Gasteiger partial charge in [0.15, 0.2) is 0 Å². The van der Waals surface area contributed by atoms with Crippen molar-refractivity contribution < 1.29 is 14.3 Å². The molecule has 5 heteroatoms. The van der Waals surface area contributed by atoms with Gasteiger partial charge in [-0.15, -0.1) is 0 Å². The van der Waals surface area contributed by atoms with E-state index in [2.05, 4.69) is 13.8 Å². The number of carbonyl (C=O) groups excluding carboxylic acids is 2. The minimum Gasteiger partial charge on any atom is -0.497 e. The third kappa shape index (κ3) is 4.14. The second-order valence-corrected chi connectivity index (χ2v) is 7.71. The Kier molecular flexibility index (Phi) is 5.30. The average Bonchev–Trinajstić information content (AvgIpc) is 2.94. The quantitative estimate of drug-likeness (QED) is 0.843. The average molecular weight is 344 g/mol. The van der Waals surface area contributed by atoms with Crippen LogP contribution >= 0.6 is 0 Å². The fourth-order valence-electron chi connectivity index (χ4n) is 4.14. The molecule has 0 aliphatic carbocycles. The van der Waals surface area contributed by atoms with E-state index in [1.54, 1.807) is 12.0 Å². The Morgan fingerprint density at radius 2 is 1.76 bits per heavy atom. The second kappa shape index (κ2) is 7.46. The number of amides is 2. The molecule has 0 radical (unpaired) electrons. The number of hydrogen-bond donors (Lipinski definition) is 0. The number of methoxy groups -OCH3 is 1. The maximum atomic E-state index is 12.8. The fourth-order valence-corrected chi connectivity index (χ4v) is 4.14. The molecule has 0 N–H and O–H groups in total. The smallest absolute Gasteiger partial charge is 0.228 e. The van der Waals surface area contributed by atoms with E-state index < -0.39 is 0 Å². The summed E-state index contributed by atoms with van der Waals surface area (Å²) in [7, 11) is 1.64. The lowest BCUT2D eigenvalue weighted by Gasteiger charge is -2.36. The number of hydrogen-bond acceptors (Lipinski definition) is 3. The lowest BCUT2D eigenvalue weighted by molar-refractivity contribution is -0.138. The van der Waals surface area contributed by atoms with Crippen LogP contribution in [-0.4, -0.2) is 48.4 Å². The zero-order valence-corrected chi connectivity index (χ0v) is 15.4. The molecule has 25 heavy (non-hydrogen) atoms. The van der Waals surface area contributed by atoms with Crippen molar-refractivity contribution in [3.8, 4) is 5.75 Å². The van der Waals surface area contributed by atoms with Gasteiger partial charge in [-0.3, -0.25) is 9.59 Å². The second-order valence-electron chi connectivity index (χ2n) is 7.71. The molecule has 0 aromatic heterocycles. The van der Waals surface area contributed by atoms with Gasteiger partial charge in [0.1, 0.15) is 5.75 Å². The summed E-state index contributed by atoms with van der Waals surface area (Å²) in [5.74, 6) is 1.93. The highest BCUT2D eigenvalue weighted by Crippen LogP contribution is 2.27. The zero-order chi connectivity index (χ0) is 18.0. The normalized spacial score (nSPS) is 26.8. The van der Waals surface area contributed by atoms with Crippen LogP contribution in [0.15, 0.2) is 24.3 Å². The Balaban J connectivity index is 1.60. The van der Waals surface area contributed by atoms with Crippen LogP contribution in [0, 0.1) is 17.8 Å². The van der Waals surface area contributed by atoms with Gasteiger partial charge in [0.2, 0.25) is 11.8 Å². The van der Waals surface area contributed by atoms with E-state index in [-0.39, 0.29) is 17.7 Å². The third-order valence-electron chi connectivity index (χ3n) is 5.28. The summed E-state index contributed by atoms with van der Waals surface area (Å²) in [6.07, 6.45) is 1.52. The van der Waals surface area contributed by atoms with E-state index in [0.29, 0.717) is 31.3 Å². The van der Waals surface area contributed by atoms with Crippen molar-refractivity contribution in [2.45, 2.75) is 33.2 Å². The molecule has 0 unspecified atom stereocenters. The monoisotopic (exact) mass is 344 g/mol. The lowest BCUT2D eigenvalue weighted by atomic mass is 9.91. The van der Waals surface area contributed by atoms with Crippen LogP contribution < -0.4 is 4.74 Å². The fraction of sp³-hybridized carbons (Fsp3) is 0.600. The van der Waals surface area contributed by atoms with Gasteiger partial charge in [-0.1, -0.05) is 26.0 Å². The molecule has 1 aromatic rings. The van der Waals surface area contributed by atoms with Crippen LogP contribution in [0.3, 0.4) is 0 Å². The van der Waals surface area contributed by atoms with Gasteiger partial charge < -0.3 is 14.5 Å². The highest BCUT2D eigenvalue weighted by atomic mass is 16.5. The first kappa shape index (κ1) is 17.8. The predicted octanol–water partition coefficient (Wildman–Crippen LogP) is 2.55. The first-order valence-electron chi connectivity index (χ1n) is 9.15. The first-order chi connectivity index (χ1) is 12.0. The van der Waals surface area contributed by atoms with Crippen LogP contribution in [0.1, 0.15) is 32.3 Å². The third-order valence-corrected chi connectivity index (χ3v) is 5.28. The molecule has 2 amide bonds. The van der Waals surface area contributed by atoms with Crippen LogP contribution in [0.4, 0.5) is 0 Å². The maximum Gasteiger partial charge on any atom is 0.228 e. The summed E-state index contributed by atoms with van der Waals surface area (Å²) >= 11 is 0. The van der Waals surface area contributed by atoms with Gasteiger partial charge in [0.05, 0.1) is 13.0 Å². The molecule has 0 bridgehead atoms. The van der Waals surface area contributed by atoms with Crippen molar-refractivity contribution in [3.63, 3.8) is 0 Å². The van der Waals surface area contributed by atoms with Gasteiger partial charge in [-0.2, -0.15) is 0 Å². The molecule has 2 aliphatic heterocycles. The summed E-state index contributed by atoms with van der Waals surface area (Å²) < 4.78 is 5.16. The van der Waals surface area contributed by atoms with Crippen molar-refractivity contribution in [1.29, 1.82) is 0 Å². The predicted molar refractivity (Wildman–Crippen MR) is 96.0 cm³/mol. The Morgan fingerprint density at radius 3 is 2.36 bits per heavy atom. The number of rotatable bonds is 4. The molecular formula is C20H28N2O3. The standard InChI is InChI=1S/C20H28N2O3/c1-14-8-15(2)11-22(10-14)20(24)17-9-19(23)21(13-17)12-16-4-6-18(25-3)7-5-16/h4-7,14-15,17H,8-13H2,1-3H3/t14-,15+,17-/m0/s1. The van der Waals surface area contributed by atoms with E-state index in [4.69, 9.17) is 4.74 Å². The molecule has 2 aliphatic rings. The van der Waals surface area contributed by atoms with Crippen LogP contribution in [0.25, 0.3) is 0 Å². The minimum absolute atomic E-state index is 0.0762. The van der Waals surface area contributed by atoms with Gasteiger partial charge in [-0.05, 0) is 36.0 Å². The van der Waals surface area contributed by atoms with E-state index >= 15 is 0 Å². The Labute approximate surface area is 149 Å². The van der Waals surface area contributed by atoms with Crippen molar-refractivity contribution in [3.05, 3.63) is 29.8 Å². The van der Waals surface area contributed by atoms with E-state index in [9.17, 15) is 9.59 Å². The van der Waals surface area contributed by atoms with Crippen LogP contribution in [-0.2, 0) is 16.1 Å². The summed E-state index contributed by atoms with van der Waals surface area (Å²) in [4.78, 5) is 29.0. The molecule has 5 nitrogen and oxygen atoms in total. The topological polar surface area (TPSA) is 49.9 Å². The SMILES string of the molecule is COc1ccc(CN2C[C@@H](C(=O)N3C[C@H](C)C[C@H](C)C3)CC2=O)cc1. The minimum atomic E-state index is -0.191. The maximum absolute atomic E-state index is 12.8. The molecular weight excluding hydrogens is 316 g/mol. The van der Waals surface area contributed by atoms with Gasteiger partial charge >= 0.3 is 0 Å². The summed E-state index contributed by atoms with van der Waals surface area (Å²) in [6.45, 7) is 7.14. The van der Waals surface area contributed by atoms with Crippen LogP contribution in [0.2, 0.25) is 0 Å². The molecule has 0 spiro atoms. The number of carbonyl (C=O) groups is 2. The Hall–Kier alpha value is -2.04. The highest BCUT2D eigenvalue weighted by Gasteiger charge is 2.38. The van der Waals surface area contributed by atoms with Gasteiger partial charge in [-0.25, -0.2) is 0 Å². The molecule has 3 atom stereocenters. The van der Waals surface area contributed by atoms with E-state index in [1.165, 1.54) is 6.42 Å². The number of benzene rings is 1. The summed E-state index contributed by atoms with van der Waals surface area (Å²) in [5.41, 5.74) is 1.06. The molecule has 1 aromatic carbocycles. The first-order valence-corrected chi connectivity index (χ1v) is 9.15. The highest BCUT2D eigenvalue weighted by molar-refractivity contribution is 5.89. The molecule has 2 saturated heterocycles. The molecule has 0 saturated carbocycles. The number of likely N-dealkylation sites (tertiary alicyclic amines) is 2. The molecule has 136 valence electrons. The molecule has 2 heterocycles. The van der Waals surface area contributed by atoms with Gasteiger partial charge in [0.25, 0.3) is 0 Å².